The quantitative estimate of drug-likeness (QED) is 0.781. The van der Waals surface area contributed by atoms with Gasteiger partial charge in [0.2, 0.25) is 0 Å². The van der Waals surface area contributed by atoms with E-state index in [-0.39, 0.29) is 24.2 Å². The van der Waals surface area contributed by atoms with E-state index in [1.807, 2.05) is 36.9 Å². The first kappa shape index (κ1) is 19.6. The summed E-state index contributed by atoms with van der Waals surface area (Å²) in [5.74, 6) is -0.517. The zero-order valence-corrected chi connectivity index (χ0v) is 16.8. The molecule has 6 heteroatoms. The smallest absolute Gasteiger partial charge is 0.253 e. The summed E-state index contributed by atoms with van der Waals surface area (Å²) in [6.45, 7) is 5.52. The summed E-state index contributed by atoms with van der Waals surface area (Å²) < 4.78 is 19.6. The molecule has 2 saturated heterocycles. The van der Waals surface area contributed by atoms with Gasteiger partial charge in [0.1, 0.15) is 12.4 Å². The van der Waals surface area contributed by atoms with Gasteiger partial charge in [-0.15, -0.1) is 0 Å². The van der Waals surface area contributed by atoms with Gasteiger partial charge in [-0.3, -0.25) is 9.59 Å². The third-order valence-corrected chi connectivity index (χ3v) is 6.08. The number of hydrogen-bond acceptors (Lipinski definition) is 3. The topological polar surface area (TPSA) is 49.9 Å². The molecule has 0 aliphatic carbocycles. The number of carbonyl (C=O) groups is 2. The van der Waals surface area contributed by atoms with Crippen molar-refractivity contribution in [3.8, 4) is 0 Å². The van der Waals surface area contributed by atoms with Crippen molar-refractivity contribution in [2.45, 2.75) is 32.3 Å². The number of aryl methyl sites for hydroxylation is 2. The lowest BCUT2D eigenvalue weighted by atomic mass is 9.88. The summed E-state index contributed by atoms with van der Waals surface area (Å²) in [6, 6.07) is 11.8. The number of piperidine rings is 1. The minimum atomic E-state index is -0.500. The van der Waals surface area contributed by atoms with Crippen molar-refractivity contribution >= 4 is 17.5 Å². The molecule has 2 fully saturated rings. The number of morpholine rings is 1. The molecule has 0 atom stereocenters. The van der Waals surface area contributed by atoms with Crippen LogP contribution in [0.25, 0.3) is 0 Å². The fourth-order valence-electron chi connectivity index (χ4n) is 4.07. The summed E-state index contributed by atoms with van der Waals surface area (Å²) in [5.41, 5.74) is 3.01. The number of ether oxygens (including phenoxy) is 1. The first-order valence-corrected chi connectivity index (χ1v) is 9.93. The summed E-state index contributed by atoms with van der Waals surface area (Å²) in [6.07, 6.45) is 1.28. The number of carbonyl (C=O) groups excluding carboxylic acids is 2. The van der Waals surface area contributed by atoms with Crippen molar-refractivity contribution in [3.05, 3.63) is 65.0 Å². The molecule has 1 spiro atoms. The summed E-state index contributed by atoms with van der Waals surface area (Å²) in [5, 5.41) is 0. The molecular formula is C23H25FN2O3. The second kappa shape index (κ2) is 7.59. The Labute approximate surface area is 170 Å². The van der Waals surface area contributed by atoms with Crippen LogP contribution in [0.1, 0.15) is 34.3 Å². The predicted octanol–water partition coefficient (Wildman–Crippen LogP) is 3.48. The van der Waals surface area contributed by atoms with E-state index in [0.717, 1.165) is 11.1 Å². The molecule has 152 valence electrons. The van der Waals surface area contributed by atoms with E-state index < -0.39 is 5.60 Å². The van der Waals surface area contributed by atoms with Crippen molar-refractivity contribution in [1.82, 2.24) is 4.90 Å². The molecule has 0 aromatic heterocycles. The Morgan fingerprint density at radius 1 is 1.07 bits per heavy atom. The van der Waals surface area contributed by atoms with E-state index in [1.54, 1.807) is 17.0 Å². The first-order chi connectivity index (χ1) is 13.9. The lowest BCUT2D eigenvalue weighted by molar-refractivity contribution is -0.143. The van der Waals surface area contributed by atoms with E-state index in [2.05, 4.69) is 0 Å². The van der Waals surface area contributed by atoms with Crippen LogP contribution in [0.3, 0.4) is 0 Å². The predicted molar refractivity (Wildman–Crippen MR) is 108 cm³/mol. The number of likely N-dealkylation sites (tertiary alicyclic amines) is 1. The van der Waals surface area contributed by atoms with E-state index >= 15 is 0 Å². The second-order valence-corrected chi connectivity index (χ2v) is 8.02. The number of rotatable bonds is 2. The van der Waals surface area contributed by atoms with Gasteiger partial charge in [-0.25, -0.2) is 4.39 Å². The van der Waals surface area contributed by atoms with Gasteiger partial charge in [-0.2, -0.15) is 0 Å². The number of halogens is 1. The minimum absolute atomic E-state index is 0.0248. The average Bonchev–Trinajstić information content (AvgIpc) is 2.72. The monoisotopic (exact) mass is 396 g/mol. The van der Waals surface area contributed by atoms with Gasteiger partial charge < -0.3 is 14.5 Å². The van der Waals surface area contributed by atoms with Crippen LogP contribution in [0.15, 0.2) is 42.5 Å². The lowest BCUT2D eigenvalue weighted by Gasteiger charge is -2.47. The molecule has 2 aliphatic heterocycles. The Morgan fingerprint density at radius 3 is 2.52 bits per heavy atom. The standard InChI is InChI=1S/C23H25FN2O3/c1-16-6-7-18(12-17(16)2)22(28)25-10-8-23(9-11-25)15-26(21(27)14-29-23)20-5-3-4-19(24)13-20/h3-7,12-13H,8-11,14-15H2,1-2H3. The second-order valence-electron chi connectivity index (χ2n) is 8.02. The molecule has 2 aliphatic rings. The fourth-order valence-corrected chi connectivity index (χ4v) is 4.07. The van der Waals surface area contributed by atoms with Crippen LogP contribution in [0, 0.1) is 19.7 Å². The molecule has 0 bridgehead atoms. The molecular weight excluding hydrogens is 371 g/mol. The molecule has 0 radical (unpaired) electrons. The molecule has 2 aromatic carbocycles. The zero-order chi connectivity index (χ0) is 20.6. The van der Waals surface area contributed by atoms with Gasteiger partial charge in [0.05, 0.1) is 12.1 Å². The highest BCUT2D eigenvalue weighted by atomic mass is 19.1. The fraction of sp³-hybridized carbons (Fsp3) is 0.391. The van der Waals surface area contributed by atoms with Gasteiger partial charge in [0.15, 0.2) is 0 Å². The first-order valence-electron chi connectivity index (χ1n) is 9.93. The summed E-state index contributed by atoms with van der Waals surface area (Å²) in [4.78, 5) is 28.7. The highest BCUT2D eigenvalue weighted by Gasteiger charge is 2.43. The highest BCUT2D eigenvalue weighted by molar-refractivity contribution is 5.96. The maximum absolute atomic E-state index is 13.6. The number of amides is 2. The Morgan fingerprint density at radius 2 is 1.83 bits per heavy atom. The largest absolute Gasteiger partial charge is 0.363 e. The Bertz CT molecular complexity index is 951. The molecule has 0 unspecified atom stereocenters. The van der Waals surface area contributed by atoms with Gasteiger partial charge in [-0.05, 0) is 68.1 Å². The van der Waals surface area contributed by atoms with Gasteiger partial charge in [0.25, 0.3) is 11.8 Å². The van der Waals surface area contributed by atoms with Crippen molar-refractivity contribution in [2.24, 2.45) is 0 Å². The number of anilines is 1. The van der Waals surface area contributed by atoms with Crippen LogP contribution >= 0.6 is 0 Å². The SMILES string of the molecule is Cc1ccc(C(=O)N2CCC3(CC2)CN(c2cccc(F)c2)C(=O)CO3)cc1C. The zero-order valence-electron chi connectivity index (χ0n) is 16.8. The average molecular weight is 396 g/mol. The summed E-state index contributed by atoms with van der Waals surface area (Å²) >= 11 is 0. The van der Waals surface area contributed by atoms with E-state index in [1.165, 1.54) is 12.1 Å². The third kappa shape index (κ3) is 3.90. The van der Waals surface area contributed by atoms with Crippen LogP contribution in [-0.2, 0) is 9.53 Å². The Hall–Kier alpha value is -2.73. The van der Waals surface area contributed by atoms with E-state index in [0.29, 0.717) is 43.7 Å². The molecule has 2 aromatic rings. The Balaban J connectivity index is 1.46. The van der Waals surface area contributed by atoms with Crippen molar-refractivity contribution in [2.75, 3.05) is 31.1 Å². The van der Waals surface area contributed by atoms with Crippen LogP contribution in [0.2, 0.25) is 0 Å². The molecule has 2 heterocycles. The summed E-state index contributed by atoms with van der Waals surface area (Å²) in [7, 11) is 0. The third-order valence-electron chi connectivity index (χ3n) is 6.08. The van der Waals surface area contributed by atoms with Crippen LogP contribution in [0.4, 0.5) is 10.1 Å². The van der Waals surface area contributed by atoms with Gasteiger partial charge in [0, 0.05) is 24.3 Å². The molecule has 5 nitrogen and oxygen atoms in total. The van der Waals surface area contributed by atoms with Crippen molar-refractivity contribution < 1.29 is 18.7 Å². The van der Waals surface area contributed by atoms with Crippen LogP contribution < -0.4 is 4.90 Å². The van der Waals surface area contributed by atoms with Crippen LogP contribution in [0.5, 0.6) is 0 Å². The molecule has 0 N–H and O–H groups in total. The van der Waals surface area contributed by atoms with Crippen LogP contribution in [-0.4, -0.2) is 48.6 Å². The molecule has 4 rings (SSSR count). The number of hydrogen-bond donors (Lipinski definition) is 0. The Kier molecular flexibility index (Phi) is 5.13. The molecule has 0 saturated carbocycles. The van der Waals surface area contributed by atoms with E-state index in [9.17, 15) is 14.0 Å². The highest BCUT2D eigenvalue weighted by Crippen LogP contribution is 2.33. The van der Waals surface area contributed by atoms with Gasteiger partial charge in [-0.1, -0.05) is 12.1 Å². The number of nitrogens with zero attached hydrogens (tertiary/aromatic N) is 2. The molecule has 29 heavy (non-hydrogen) atoms. The normalized spacial score (nSPS) is 18.9. The number of benzene rings is 2. The van der Waals surface area contributed by atoms with Crippen molar-refractivity contribution in [3.63, 3.8) is 0 Å². The maximum Gasteiger partial charge on any atom is 0.253 e. The maximum atomic E-state index is 13.6. The van der Waals surface area contributed by atoms with Gasteiger partial charge >= 0.3 is 0 Å². The minimum Gasteiger partial charge on any atom is -0.363 e. The lowest BCUT2D eigenvalue weighted by Crippen LogP contribution is -2.59. The van der Waals surface area contributed by atoms with Crippen molar-refractivity contribution in [1.29, 1.82) is 0 Å². The van der Waals surface area contributed by atoms with E-state index in [4.69, 9.17) is 4.74 Å². The molecule has 2 amide bonds.